The predicted molar refractivity (Wildman–Crippen MR) is 74.3 cm³/mol. The highest BCUT2D eigenvalue weighted by Gasteiger charge is 2.26. The Morgan fingerprint density at radius 1 is 1.28 bits per heavy atom. The van der Waals surface area contributed by atoms with Gasteiger partial charge in [0.25, 0.3) is 0 Å². The second-order valence-corrected chi connectivity index (χ2v) is 7.03. The van der Waals surface area contributed by atoms with Crippen LogP contribution in [0, 0.1) is 5.92 Å². The molecule has 18 heavy (non-hydrogen) atoms. The Morgan fingerprint density at radius 2 is 1.83 bits per heavy atom. The number of nitrogens with one attached hydrogen (secondary N) is 1. The van der Waals surface area contributed by atoms with Gasteiger partial charge in [0.15, 0.2) is 9.84 Å². The van der Waals surface area contributed by atoms with Gasteiger partial charge in [0.2, 0.25) is 5.91 Å². The predicted octanol–water partition coefficient (Wildman–Crippen LogP) is 0.514. The van der Waals surface area contributed by atoms with Crippen molar-refractivity contribution in [3.05, 3.63) is 0 Å². The Labute approximate surface area is 111 Å². The van der Waals surface area contributed by atoms with E-state index in [9.17, 15) is 13.2 Å². The molecule has 2 atom stereocenters. The lowest BCUT2D eigenvalue weighted by molar-refractivity contribution is -0.136. The fourth-order valence-corrected chi connectivity index (χ4v) is 3.09. The summed E-state index contributed by atoms with van der Waals surface area (Å²) in [7, 11) is -1.26. The minimum absolute atomic E-state index is 0.00523. The SMILES string of the molecule is CCN(C(=O)C(C)CNC)C(C)CS(=O)(=O)CC. The summed E-state index contributed by atoms with van der Waals surface area (Å²) < 4.78 is 23.2. The summed E-state index contributed by atoms with van der Waals surface area (Å²) in [6.45, 7) is 8.28. The van der Waals surface area contributed by atoms with E-state index in [2.05, 4.69) is 5.32 Å². The first-order valence-electron chi connectivity index (χ1n) is 6.44. The molecule has 0 aliphatic rings. The van der Waals surface area contributed by atoms with Crippen molar-refractivity contribution in [2.24, 2.45) is 5.92 Å². The van der Waals surface area contributed by atoms with E-state index < -0.39 is 9.84 Å². The summed E-state index contributed by atoms with van der Waals surface area (Å²) in [5.41, 5.74) is 0. The van der Waals surface area contributed by atoms with E-state index in [4.69, 9.17) is 0 Å². The van der Waals surface area contributed by atoms with Crippen LogP contribution in [0.5, 0.6) is 0 Å². The zero-order valence-corrected chi connectivity index (χ0v) is 12.9. The molecule has 0 aromatic rings. The summed E-state index contributed by atoms with van der Waals surface area (Å²) >= 11 is 0. The highest BCUT2D eigenvalue weighted by molar-refractivity contribution is 7.91. The number of hydrogen-bond donors (Lipinski definition) is 1. The lowest BCUT2D eigenvalue weighted by atomic mass is 10.1. The average molecular weight is 278 g/mol. The van der Waals surface area contributed by atoms with Gasteiger partial charge in [0.05, 0.1) is 5.75 Å². The number of carbonyl (C=O) groups is 1. The van der Waals surface area contributed by atoms with Gasteiger partial charge in [0, 0.05) is 30.8 Å². The largest absolute Gasteiger partial charge is 0.339 e. The molecule has 0 saturated carbocycles. The Bertz CT molecular complexity index is 354. The molecule has 0 aliphatic carbocycles. The van der Waals surface area contributed by atoms with E-state index in [1.54, 1.807) is 25.8 Å². The second-order valence-electron chi connectivity index (χ2n) is 4.63. The van der Waals surface area contributed by atoms with Crippen molar-refractivity contribution >= 4 is 15.7 Å². The molecule has 0 rings (SSSR count). The monoisotopic (exact) mass is 278 g/mol. The van der Waals surface area contributed by atoms with Crippen molar-refractivity contribution in [1.82, 2.24) is 10.2 Å². The number of hydrogen-bond acceptors (Lipinski definition) is 4. The van der Waals surface area contributed by atoms with Crippen LogP contribution in [0.3, 0.4) is 0 Å². The third kappa shape index (κ3) is 5.35. The van der Waals surface area contributed by atoms with Gasteiger partial charge in [0.1, 0.15) is 0 Å². The van der Waals surface area contributed by atoms with Crippen molar-refractivity contribution < 1.29 is 13.2 Å². The van der Waals surface area contributed by atoms with Crippen molar-refractivity contribution in [3.63, 3.8) is 0 Å². The normalized spacial score (nSPS) is 15.2. The summed E-state index contributed by atoms with van der Waals surface area (Å²) in [5.74, 6) is 0.0252. The minimum Gasteiger partial charge on any atom is -0.339 e. The molecule has 0 fully saturated rings. The van der Waals surface area contributed by atoms with Crippen LogP contribution in [0.15, 0.2) is 0 Å². The zero-order valence-electron chi connectivity index (χ0n) is 12.1. The van der Waals surface area contributed by atoms with Gasteiger partial charge in [-0.25, -0.2) is 8.42 Å². The molecule has 2 unspecified atom stereocenters. The van der Waals surface area contributed by atoms with Gasteiger partial charge in [-0.2, -0.15) is 0 Å². The van der Waals surface area contributed by atoms with Gasteiger partial charge in [-0.3, -0.25) is 4.79 Å². The first kappa shape index (κ1) is 17.4. The number of rotatable bonds is 8. The number of sulfone groups is 1. The number of nitrogens with zero attached hydrogens (tertiary/aromatic N) is 1. The van der Waals surface area contributed by atoms with Crippen LogP contribution in [-0.4, -0.2) is 56.9 Å². The van der Waals surface area contributed by atoms with Crippen LogP contribution >= 0.6 is 0 Å². The maximum atomic E-state index is 12.2. The molecule has 0 bridgehead atoms. The molecule has 5 nitrogen and oxygen atoms in total. The third-order valence-electron chi connectivity index (χ3n) is 3.02. The quantitative estimate of drug-likeness (QED) is 0.703. The van der Waals surface area contributed by atoms with Crippen molar-refractivity contribution in [3.8, 4) is 0 Å². The highest BCUT2D eigenvalue weighted by Crippen LogP contribution is 2.09. The van der Waals surface area contributed by atoms with Crippen LogP contribution < -0.4 is 5.32 Å². The topological polar surface area (TPSA) is 66.5 Å². The maximum Gasteiger partial charge on any atom is 0.226 e. The standard InChI is InChI=1S/C12H26N2O3S/c1-6-14(12(15)10(3)8-13-5)11(4)9-18(16,17)7-2/h10-11,13H,6-9H2,1-5H3. The average Bonchev–Trinajstić information content (AvgIpc) is 2.29. The second kappa shape index (κ2) is 7.74. The molecule has 0 saturated heterocycles. The molecule has 0 aliphatic heterocycles. The fourth-order valence-electron chi connectivity index (χ4n) is 1.94. The van der Waals surface area contributed by atoms with Gasteiger partial charge in [-0.05, 0) is 20.9 Å². The van der Waals surface area contributed by atoms with Crippen LogP contribution in [-0.2, 0) is 14.6 Å². The van der Waals surface area contributed by atoms with E-state index in [-0.39, 0.29) is 29.4 Å². The van der Waals surface area contributed by atoms with E-state index in [0.717, 1.165) is 0 Å². The van der Waals surface area contributed by atoms with Gasteiger partial charge < -0.3 is 10.2 Å². The van der Waals surface area contributed by atoms with Gasteiger partial charge in [-0.15, -0.1) is 0 Å². The molecule has 1 N–H and O–H groups in total. The van der Waals surface area contributed by atoms with Crippen LogP contribution in [0.4, 0.5) is 0 Å². The Balaban J connectivity index is 4.72. The van der Waals surface area contributed by atoms with Gasteiger partial charge >= 0.3 is 0 Å². The van der Waals surface area contributed by atoms with E-state index in [1.807, 2.05) is 13.8 Å². The minimum atomic E-state index is -3.05. The molecule has 108 valence electrons. The van der Waals surface area contributed by atoms with Crippen molar-refractivity contribution in [2.75, 3.05) is 31.6 Å². The summed E-state index contributed by atoms with van der Waals surface area (Å²) in [6, 6.07) is -0.272. The molecular formula is C12H26N2O3S. The number of carbonyl (C=O) groups excluding carboxylic acids is 1. The van der Waals surface area contributed by atoms with Crippen molar-refractivity contribution in [1.29, 1.82) is 0 Å². The lowest BCUT2D eigenvalue weighted by Gasteiger charge is -2.30. The molecule has 0 radical (unpaired) electrons. The molecule has 6 heteroatoms. The van der Waals surface area contributed by atoms with E-state index in [0.29, 0.717) is 13.1 Å². The van der Waals surface area contributed by atoms with Crippen LogP contribution in [0.25, 0.3) is 0 Å². The molecule has 0 aromatic heterocycles. The molecule has 0 aromatic carbocycles. The first-order valence-corrected chi connectivity index (χ1v) is 8.26. The van der Waals surface area contributed by atoms with Crippen molar-refractivity contribution in [2.45, 2.75) is 33.7 Å². The first-order chi connectivity index (χ1) is 8.29. The fraction of sp³-hybridized carbons (Fsp3) is 0.917. The molecule has 1 amide bonds. The maximum absolute atomic E-state index is 12.2. The third-order valence-corrected chi connectivity index (χ3v) is 4.89. The smallest absolute Gasteiger partial charge is 0.226 e. The van der Waals surface area contributed by atoms with Gasteiger partial charge in [-0.1, -0.05) is 13.8 Å². The Hall–Kier alpha value is -0.620. The summed E-state index contributed by atoms with van der Waals surface area (Å²) in [6.07, 6.45) is 0. The Kier molecular flexibility index (Phi) is 7.47. The van der Waals surface area contributed by atoms with E-state index in [1.165, 1.54) is 0 Å². The molecule has 0 spiro atoms. The molecule has 0 heterocycles. The zero-order chi connectivity index (χ0) is 14.3. The summed E-state index contributed by atoms with van der Waals surface area (Å²) in [5, 5.41) is 2.96. The van der Waals surface area contributed by atoms with E-state index >= 15 is 0 Å². The summed E-state index contributed by atoms with van der Waals surface area (Å²) in [4.78, 5) is 13.8. The highest BCUT2D eigenvalue weighted by atomic mass is 32.2. The lowest BCUT2D eigenvalue weighted by Crippen LogP contribution is -2.46. The Morgan fingerprint density at radius 3 is 2.22 bits per heavy atom. The molecular weight excluding hydrogens is 252 g/mol. The number of amides is 1. The van der Waals surface area contributed by atoms with Crippen LogP contribution in [0.2, 0.25) is 0 Å². The van der Waals surface area contributed by atoms with Crippen LogP contribution in [0.1, 0.15) is 27.7 Å².